The van der Waals surface area contributed by atoms with Gasteiger partial charge in [0.15, 0.2) is 5.96 Å². The molecule has 0 atom stereocenters. The van der Waals surface area contributed by atoms with Gasteiger partial charge in [-0.15, -0.1) is 0 Å². The predicted molar refractivity (Wildman–Crippen MR) is 106 cm³/mol. The number of nitrogens with one attached hydrogen (secondary N) is 2. The second-order valence-corrected chi connectivity index (χ2v) is 6.83. The van der Waals surface area contributed by atoms with Gasteiger partial charge in [-0.25, -0.2) is 0 Å². The molecular formula is C19H35N5. The zero-order valence-corrected chi connectivity index (χ0v) is 16.3. The fraction of sp³-hybridized carbons (Fsp3) is 0.632. The third-order valence-electron chi connectivity index (χ3n) is 4.52. The molecule has 0 heterocycles. The predicted octanol–water partition coefficient (Wildman–Crippen LogP) is 2.41. The molecule has 0 aliphatic carbocycles. The minimum atomic E-state index is 0.0872. The Labute approximate surface area is 148 Å². The Balaban J connectivity index is 2.34. The van der Waals surface area contributed by atoms with Gasteiger partial charge in [-0.2, -0.15) is 0 Å². The molecule has 0 unspecified atom stereocenters. The first kappa shape index (κ1) is 20.3. The van der Waals surface area contributed by atoms with Crippen LogP contribution in [0.3, 0.4) is 0 Å². The Bertz CT molecular complexity index is 482. The van der Waals surface area contributed by atoms with E-state index in [-0.39, 0.29) is 5.54 Å². The highest BCUT2D eigenvalue weighted by Gasteiger charge is 2.20. The van der Waals surface area contributed by atoms with Gasteiger partial charge in [0.1, 0.15) is 0 Å². The van der Waals surface area contributed by atoms with Gasteiger partial charge in [0, 0.05) is 44.5 Å². The van der Waals surface area contributed by atoms with Crippen LogP contribution in [0.25, 0.3) is 0 Å². The number of aliphatic imine (C=N–C) groups is 1. The number of guanidine groups is 1. The lowest BCUT2D eigenvalue weighted by Gasteiger charge is -2.33. The monoisotopic (exact) mass is 333 g/mol. The molecule has 0 aromatic heterocycles. The maximum Gasteiger partial charge on any atom is 0.191 e. The highest BCUT2D eigenvalue weighted by Crippen LogP contribution is 2.12. The van der Waals surface area contributed by atoms with Crippen LogP contribution in [0.1, 0.15) is 27.2 Å². The maximum atomic E-state index is 4.31. The lowest BCUT2D eigenvalue weighted by atomic mass is 10.0. The van der Waals surface area contributed by atoms with Gasteiger partial charge in [-0.1, -0.05) is 18.2 Å². The first-order chi connectivity index (χ1) is 11.4. The van der Waals surface area contributed by atoms with Crippen LogP contribution in [-0.2, 0) is 0 Å². The second-order valence-electron chi connectivity index (χ2n) is 6.83. The van der Waals surface area contributed by atoms with Gasteiger partial charge in [-0.3, -0.25) is 4.99 Å². The summed E-state index contributed by atoms with van der Waals surface area (Å²) in [7, 11) is 6.02. The molecule has 0 saturated carbocycles. The lowest BCUT2D eigenvalue weighted by molar-refractivity contribution is 0.197. The molecule has 5 nitrogen and oxygen atoms in total. The van der Waals surface area contributed by atoms with Crippen LogP contribution in [0.5, 0.6) is 0 Å². The smallest absolute Gasteiger partial charge is 0.191 e. The topological polar surface area (TPSA) is 42.9 Å². The van der Waals surface area contributed by atoms with Crippen LogP contribution in [0.15, 0.2) is 35.3 Å². The van der Waals surface area contributed by atoms with Crippen LogP contribution in [0, 0.1) is 0 Å². The third kappa shape index (κ3) is 6.79. The maximum absolute atomic E-state index is 4.31. The van der Waals surface area contributed by atoms with Crippen molar-refractivity contribution < 1.29 is 0 Å². The van der Waals surface area contributed by atoms with Crippen molar-refractivity contribution in [2.45, 2.75) is 32.7 Å². The molecule has 0 saturated heterocycles. The third-order valence-corrected chi connectivity index (χ3v) is 4.52. The summed E-state index contributed by atoms with van der Waals surface area (Å²) in [5, 5.41) is 6.81. The van der Waals surface area contributed by atoms with E-state index in [0.29, 0.717) is 0 Å². The first-order valence-corrected chi connectivity index (χ1v) is 8.82. The largest absolute Gasteiger partial charge is 0.372 e. The first-order valence-electron chi connectivity index (χ1n) is 8.82. The summed E-state index contributed by atoms with van der Waals surface area (Å²) >= 11 is 0. The summed E-state index contributed by atoms with van der Waals surface area (Å²) in [6, 6.07) is 10.6. The Kier molecular flexibility index (Phi) is 8.61. The lowest BCUT2D eigenvalue weighted by Crippen LogP contribution is -2.51. The highest BCUT2D eigenvalue weighted by molar-refractivity contribution is 5.79. The van der Waals surface area contributed by atoms with Crippen LogP contribution >= 0.6 is 0 Å². The van der Waals surface area contributed by atoms with E-state index >= 15 is 0 Å². The average Bonchev–Trinajstić information content (AvgIpc) is 2.58. The van der Waals surface area contributed by atoms with E-state index in [1.807, 2.05) is 7.05 Å². The number of hydrogen-bond acceptors (Lipinski definition) is 3. The number of anilines is 1. The zero-order chi connectivity index (χ0) is 18.0. The molecule has 1 aromatic carbocycles. The number of hydrogen-bond donors (Lipinski definition) is 2. The van der Waals surface area contributed by atoms with Crippen molar-refractivity contribution >= 4 is 11.6 Å². The molecule has 1 aromatic rings. The number of likely N-dealkylation sites (N-methyl/N-ethyl adjacent to an activating group) is 1. The Morgan fingerprint density at radius 1 is 1.12 bits per heavy atom. The van der Waals surface area contributed by atoms with Crippen molar-refractivity contribution in [3.63, 3.8) is 0 Å². The van der Waals surface area contributed by atoms with Gasteiger partial charge in [0.2, 0.25) is 0 Å². The van der Waals surface area contributed by atoms with Gasteiger partial charge >= 0.3 is 0 Å². The van der Waals surface area contributed by atoms with E-state index < -0.39 is 0 Å². The van der Waals surface area contributed by atoms with Crippen molar-refractivity contribution in [2.24, 2.45) is 4.99 Å². The van der Waals surface area contributed by atoms with Crippen molar-refractivity contribution in [3.8, 4) is 0 Å². The molecule has 1 rings (SSSR count). The average molecular weight is 334 g/mol. The molecule has 0 aliphatic rings. The minimum Gasteiger partial charge on any atom is -0.372 e. The van der Waals surface area contributed by atoms with Gasteiger partial charge in [-0.05, 0) is 53.4 Å². The minimum absolute atomic E-state index is 0.0872. The second kappa shape index (κ2) is 10.2. The van der Waals surface area contributed by atoms with Gasteiger partial charge < -0.3 is 20.4 Å². The summed E-state index contributed by atoms with van der Waals surface area (Å²) in [4.78, 5) is 8.92. The molecule has 0 bridgehead atoms. The van der Waals surface area contributed by atoms with Crippen molar-refractivity contribution in [2.75, 3.05) is 52.2 Å². The SMILES string of the molecule is CCN(CCCNC(=NC)NCC(C)(C)N(C)C)c1ccccc1. The van der Waals surface area contributed by atoms with E-state index in [0.717, 1.165) is 38.6 Å². The summed E-state index contributed by atoms with van der Waals surface area (Å²) in [6.45, 7) is 10.4. The quantitative estimate of drug-likeness (QED) is 0.414. The van der Waals surface area contributed by atoms with Gasteiger partial charge in [0.25, 0.3) is 0 Å². The van der Waals surface area contributed by atoms with Gasteiger partial charge in [0.05, 0.1) is 0 Å². The number of para-hydroxylation sites is 1. The molecule has 5 heteroatoms. The van der Waals surface area contributed by atoms with Crippen molar-refractivity contribution in [1.29, 1.82) is 0 Å². The molecule has 24 heavy (non-hydrogen) atoms. The fourth-order valence-corrected chi connectivity index (χ4v) is 2.26. The molecule has 0 amide bonds. The molecule has 0 spiro atoms. The summed E-state index contributed by atoms with van der Waals surface area (Å²) in [6.07, 6.45) is 1.07. The van der Waals surface area contributed by atoms with E-state index in [1.54, 1.807) is 0 Å². The van der Waals surface area contributed by atoms with Crippen LogP contribution < -0.4 is 15.5 Å². The van der Waals surface area contributed by atoms with E-state index in [4.69, 9.17) is 0 Å². The molecular weight excluding hydrogens is 298 g/mol. The molecule has 136 valence electrons. The number of benzene rings is 1. The summed E-state index contributed by atoms with van der Waals surface area (Å²) in [5.41, 5.74) is 1.37. The zero-order valence-electron chi connectivity index (χ0n) is 16.3. The number of nitrogens with zero attached hydrogens (tertiary/aromatic N) is 3. The Hall–Kier alpha value is -1.75. The van der Waals surface area contributed by atoms with E-state index in [1.165, 1.54) is 5.69 Å². The van der Waals surface area contributed by atoms with Crippen molar-refractivity contribution in [1.82, 2.24) is 15.5 Å². The van der Waals surface area contributed by atoms with E-state index in [2.05, 4.69) is 90.6 Å². The Morgan fingerprint density at radius 3 is 2.33 bits per heavy atom. The fourth-order valence-electron chi connectivity index (χ4n) is 2.26. The summed E-state index contributed by atoms with van der Waals surface area (Å²) < 4.78 is 0. The Morgan fingerprint density at radius 2 is 1.79 bits per heavy atom. The van der Waals surface area contributed by atoms with Crippen LogP contribution in [0.4, 0.5) is 5.69 Å². The van der Waals surface area contributed by atoms with E-state index in [9.17, 15) is 0 Å². The highest BCUT2D eigenvalue weighted by atomic mass is 15.2. The molecule has 2 N–H and O–H groups in total. The standard InChI is InChI=1S/C19H35N5/c1-7-24(17-12-9-8-10-13-17)15-11-14-21-18(20-4)22-16-19(2,3)23(5)6/h8-10,12-13H,7,11,14-16H2,1-6H3,(H2,20,21,22). The molecule has 0 radical (unpaired) electrons. The van der Waals surface area contributed by atoms with Crippen LogP contribution in [0.2, 0.25) is 0 Å². The van der Waals surface area contributed by atoms with Crippen molar-refractivity contribution in [3.05, 3.63) is 30.3 Å². The molecule has 0 fully saturated rings. The normalized spacial score (nSPS) is 12.4. The van der Waals surface area contributed by atoms with Crippen LogP contribution in [-0.4, -0.2) is 63.7 Å². The summed E-state index contributed by atoms with van der Waals surface area (Å²) in [5.74, 6) is 0.868. The number of rotatable bonds is 9. The molecule has 0 aliphatic heterocycles.